The molecular formula is C22H16Cl2N4O6. The molecule has 0 spiro atoms. The monoisotopic (exact) mass is 502 g/mol. The molecule has 3 rings (SSSR count). The van der Waals surface area contributed by atoms with Gasteiger partial charge in [-0.05, 0) is 23.3 Å². The van der Waals surface area contributed by atoms with E-state index in [0.29, 0.717) is 0 Å². The van der Waals surface area contributed by atoms with Gasteiger partial charge in [-0.25, -0.2) is 0 Å². The molecule has 2 N–H and O–H groups in total. The summed E-state index contributed by atoms with van der Waals surface area (Å²) < 4.78 is 0. The summed E-state index contributed by atoms with van der Waals surface area (Å²) in [6.07, 6.45) is 0. The Bertz CT molecular complexity index is 1180. The molecule has 0 saturated heterocycles. The highest BCUT2D eigenvalue weighted by atomic mass is 35.5. The number of hydrogen-bond donors (Lipinski definition) is 2. The number of nitro groups is 2. The van der Waals surface area contributed by atoms with E-state index in [1.807, 2.05) is 0 Å². The van der Waals surface area contributed by atoms with E-state index in [-0.39, 0.29) is 45.6 Å². The van der Waals surface area contributed by atoms with Gasteiger partial charge in [0.2, 0.25) is 0 Å². The van der Waals surface area contributed by atoms with Gasteiger partial charge >= 0.3 is 0 Å². The lowest BCUT2D eigenvalue weighted by molar-refractivity contribution is -0.385. The van der Waals surface area contributed by atoms with Crippen LogP contribution < -0.4 is 10.6 Å². The Morgan fingerprint density at radius 2 is 1.03 bits per heavy atom. The molecule has 0 radical (unpaired) electrons. The minimum Gasteiger partial charge on any atom is -0.348 e. The lowest BCUT2D eigenvalue weighted by Gasteiger charge is -2.09. The average Bonchev–Trinajstić information content (AvgIpc) is 2.81. The van der Waals surface area contributed by atoms with Crippen LogP contribution in [0.2, 0.25) is 10.0 Å². The second-order valence-corrected chi connectivity index (χ2v) is 7.84. The zero-order chi connectivity index (χ0) is 24.8. The van der Waals surface area contributed by atoms with Crippen molar-refractivity contribution in [2.24, 2.45) is 0 Å². The van der Waals surface area contributed by atoms with Crippen LogP contribution in [0.15, 0.2) is 60.7 Å². The second-order valence-electron chi connectivity index (χ2n) is 7.02. The first-order valence-corrected chi connectivity index (χ1v) is 10.4. The van der Waals surface area contributed by atoms with E-state index in [4.69, 9.17) is 23.2 Å². The molecule has 0 aromatic heterocycles. The summed E-state index contributed by atoms with van der Waals surface area (Å²) in [5.41, 5.74) is 1.38. The average molecular weight is 503 g/mol. The molecule has 3 aromatic rings. The van der Waals surface area contributed by atoms with Crippen molar-refractivity contribution in [3.63, 3.8) is 0 Å². The van der Waals surface area contributed by atoms with Gasteiger partial charge in [0.15, 0.2) is 0 Å². The molecule has 0 fully saturated rings. The standard InChI is InChI=1S/C22H16Cl2N4O6/c23-19-9-15(27(31)32)5-7-17(19)21(29)25-11-13-1-2-14(4-3-13)12-26-22(30)18-8-6-16(28(33)34)10-20(18)24/h1-10H,11-12H2,(H,25,29)(H,26,30). The van der Waals surface area contributed by atoms with E-state index in [9.17, 15) is 29.8 Å². The number of nitrogens with one attached hydrogen (secondary N) is 2. The van der Waals surface area contributed by atoms with Gasteiger partial charge in [-0.2, -0.15) is 0 Å². The van der Waals surface area contributed by atoms with E-state index in [0.717, 1.165) is 23.3 Å². The first kappa shape index (κ1) is 24.6. The van der Waals surface area contributed by atoms with Crippen LogP contribution in [-0.2, 0) is 13.1 Å². The number of amides is 2. The predicted molar refractivity (Wildman–Crippen MR) is 125 cm³/mol. The SMILES string of the molecule is O=C(NCc1ccc(CNC(=O)c2ccc([N+](=O)[O-])cc2Cl)cc1)c1ccc([N+](=O)[O-])cc1Cl. The van der Waals surface area contributed by atoms with Gasteiger partial charge in [0.25, 0.3) is 23.2 Å². The minimum absolute atomic E-state index is 0.0223. The highest BCUT2D eigenvalue weighted by Crippen LogP contribution is 2.23. The summed E-state index contributed by atoms with van der Waals surface area (Å²) >= 11 is 11.9. The fourth-order valence-electron chi connectivity index (χ4n) is 2.93. The first-order valence-electron chi connectivity index (χ1n) is 9.68. The molecular weight excluding hydrogens is 487 g/mol. The van der Waals surface area contributed by atoms with Gasteiger partial charge in [0.1, 0.15) is 0 Å². The van der Waals surface area contributed by atoms with E-state index in [1.165, 1.54) is 24.3 Å². The molecule has 0 aliphatic heterocycles. The van der Waals surface area contributed by atoms with Gasteiger partial charge in [-0.15, -0.1) is 0 Å². The van der Waals surface area contributed by atoms with Gasteiger partial charge in [0.05, 0.1) is 31.0 Å². The van der Waals surface area contributed by atoms with Crippen molar-refractivity contribution < 1.29 is 19.4 Å². The quantitative estimate of drug-likeness (QED) is 0.338. The molecule has 0 aliphatic rings. The Morgan fingerprint density at radius 3 is 1.32 bits per heavy atom. The molecule has 2 amide bonds. The molecule has 10 nitrogen and oxygen atoms in total. The fraction of sp³-hybridized carbons (Fsp3) is 0.0909. The molecule has 3 aromatic carbocycles. The third-order valence-corrected chi connectivity index (χ3v) is 5.37. The van der Waals surface area contributed by atoms with Crippen LogP contribution in [-0.4, -0.2) is 21.7 Å². The number of halogens is 2. The number of carbonyl (C=O) groups excluding carboxylic acids is 2. The number of non-ortho nitro benzene ring substituents is 2. The Labute approximate surface area is 202 Å². The first-order chi connectivity index (χ1) is 16.2. The van der Waals surface area contributed by atoms with Crippen molar-refractivity contribution in [1.29, 1.82) is 0 Å². The molecule has 0 heterocycles. The van der Waals surface area contributed by atoms with Crippen LogP contribution in [0.4, 0.5) is 11.4 Å². The molecule has 0 saturated carbocycles. The van der Waals surface area contributed by atoms with Gasteiger partial charge < -0.3 is 10.6 Å². The van der Waals surface area contributed by atoms with Crippen LogP contribution >= 0.6 is 23.2 Å². The molecule has 0 bridgehead atoms. The summed E-state index contributed by atoms with van der Waals surface area (Å²) in [7, 11) is 0. The maximum Gasteiger partial charge on any atom is 0.270 e. The Hall–Kier alpha value is -4.02. The second kappa shape index (κ2) is 10.7. The molecule has 0 unspecified atom stereocenters. The largest absolute Gasteiger partial charge is 0.348 e. The summed E-state index contributed by atoms with van der Waals surface area (Å²) in [4.78, 5) is 45.0. The van der Waals surface area contributed by atoms with Crippen LogP contribution in [0.25, 0.3) is 0 Å². The van der Waals surface area contributed by atoms with E-state index in [2.05, 4.69) is 10.6 Å². The van der Waals surface area contributed by atoms with Crippen molar-refractivity contribution in [1.82, 2.24) is 10.6 Å². The smallest absolute Gasteiger partial charge is 0.270 e. The number of carbonyl (C=O) groups is 2. The van der Waals surface area contributed by atoms with Gasteiger partial charge in [-0.1, -0.05) is 47.5 Å². The van der Waals surface area contributed by atoms with Gasteiger partial charge in [0, 0.05) is 37.4 Å². The minimum atomic E-state index is -0.599. The maximum atomic E-state index is 12.3. The number of rotatable bonds is 8. The fourth-order valence-corrected chi connectivity index (χ4v) is 3.45. The Balaban J connectivity index is 1.54. The third-order valence-electron chi connectivity index (χ3n) is 4.75. The summed E-state index contributed by atoms with van der Waals surface area (Å²) in [5.74, 6) is -0.951. The molecule has 174 valence electrons. The lowest BCUT2D eigenvalue weighted by atomic mass is 10.1. The highest BCUT2D eigenvalue weighted by Gasteiger charge is 2.16. The third kappa shape index (κ3) is 6.06. The van der Waals surface area contributed by atoms with Crippen molar-refractivity contribution in [3.05, 3.63) is 113 Å². The van der Waals surface area contributed by atoms with Crippen molar-refractivity contribution in [3.8, 4) is 0 Å². The number of hydrogen-bond acceptors (Lipinski definition) is 6. The maximum absolute atomic E-state index is 12.3. The van der Waals surface area contributed by atoms with Crippen LogP contribution in [0.3, 0.4) is 0 Å². The van der Waals surface area contributed by atoms with Crippen molar-refractivity contribution >= 4 is 46.4 Å². The Kier molecular flexibility index (Phi) is 7.77. The van der Waals surface area contributed by atoms with E-state index in [1.54, 1.807) is 24.3 Å². The normalized spacial score (nSPS) is 10.4. The zero-order valence-corrected chi connectivity index (χ0v) is 18.8. The van der Waals surface area contributed by atoms with Crippen LogP contribution in [0.1, 0.15) is 31.8 Å². The predicted octanol–water partition coefficient (Wildman–Crippen LogP) is 4.67. The van der Waals surface area contributed by atoms with Crippen LogP contribution in [0.5, 0.6) is 0 Å². The van der Waals surface area contributed by atoms with Gasteiger partial charge in [-0.3, -0.25) is 29.8 Å². The van der Waals surface area contributed by atoms with Crippen molar-refractivity contribution in [2.45, 2.75) is 13.1 Å². The molecule has 34 heavy (non-hydrogen) atoms. The van der Waals surface area contributed by atoms with E-state index < -0.39 is 21.7 Å². The molecule has 0 atom stereocenters. The summed E-state index contributed by atoms with van der Waals surface area (Å²) in [5, 5.41) is 26.9. The van der Waals surface area contributed by atoms with Crippen LogP contribution in [0, 0.1) is 20.2 Å². The van der Waals surface area contributed by atoms with E-state index >= 15 is 0 Å². The number of benzene rings is 3. The zero-order valence-electron chi connectivity index (χ0n) is 17.3. The molecule has 12 heteroatoms. The number of nitro benzene ring substituents is 2. The highest BCUT2D eigenvalue weighted by molar-refractivity contribution is 6.34. The van der Waals surface area contributed by atoms with Crippen molar-refractivity contribution in [2.75, 3.05) is 0 Å². The lowest BCUT2D eigenvalue weighted by Crippen LogP contribution is -2.24. The topological polar surface area (TPSA) is 144 Å². The summed E-state index contributed by atoms with van der Waals surface area (Å²) in [6, 6.07) is 14.3. The molecule has 0 aliphatic carbocycles. The number of nitrogens with zero attached hydrogens (tertiary/aromatic N) is 2. The summed E-state index contributed by atoms with van der Waals surface area (Å²) in [6.45, 7) is 0.383. The Morgan fingerprint density at radius 1 is 0.676 bits per heavy atom.